The third-order valence-corrected chi connectivity index (χ3v) is 3.53. The van der Waals surface area contributed by atoms with Crippen LogP contribution in [0.1, 0.15) is 46.8 Å². The molecular formula is C18H22N2O2. The van der Waals surface area contributed by atoms with E-state index in [1.165, 1.54) is 11.1 Å². The van der Waals surface area contributed by atoms with E-state index in [1.807, 2.05) is 12.1 Å². The Morgan fingerprint density at radius 2 is 1.86 bits per heavy atom. The van der Waals surface area contributed by atoms with E-state index in [0.29, 0.717) is 18.1 Å². The van der Waals surface area contributed by atoms with Crippen molar-refractivity contribution in [2.45, 2.75) is 33.3 Å². The third-order valence-electron chi connectivity index (χ3n) is 3.53. The highest BCUT2D eigenvalue weighted by molar-refractivity contribution is 5.93. The van der Waals surface area contributed by atoms with Gasteiger partial charge in [-0.05, 0) is 47.7 Å². The fraction of sp³-hybridized carbons (Fsp3) is 0.278. The number of nitrogens with one attached hydrogen (secondary N) is 1. The summed E-state index contributed by atoms with van der Waals surface area (Å²) in [6.45, 7) is 6.82. The molecule has 0 unspecified atom stereocenters. The highest BCUT2D eigenvalue weighted by Crippen LogP contribution is 2.28. The summed E-state index contributed by atoms with van der Waals surface area (Å²) in [7, 11) is 0. The molecule has 4 nitrogen and oxygen atoms in total. The summed E-state index contributed by atoms with van der Waals surface area (Å²) in [5, 5.41) is 0. The number of ether oxygens (including phenoxy) is 1. The zero-order valence-corrected chi connectivity index (χ0v) is 13.2. The van der Waals surface area contributed by atoms with Crippen LogP contribution in [0.4, 0.5) is 0 Å². The molecule has 0 bridgehead atoms. The van der Waals surface area contributed by atoms with Crippen LogP contribution in [0.5, 0.6) is 5.75 Å². The second-order valence-corrected chi connectivity index (χ2v) is 5.66. The zero-order chi connectivity index (χ0) is 16.1. The number of aryl methyl sites for hydroxylation is 1. The Bertz CT molecular complexity index is 649. The highest BCUT2D eigenvalue weighted by Gasteiger charge is 2.09. The van der Waals surface area contributed by atoms with Crippen molar-refractivity contribution in [3.63, 3.8) is 0 Å². The minimum Gasteiger partial charge on any atom is -0.489 e. The molecule has 1 amide bonds. The Morgan fingerprint density at radius 3 is 2.45 bits per heavy atom. The topological polar surface area (TPSA) is 64.3 Å². The first-order chi connectivity index (χ1) is 10.5. The summed E-state index contributed by atoms with van der Waals surface area (Å²) in [6.07, 6.45) is 0. The molecule has 0 radical (unpaired) electrons. The van der Waals surface area contributed by atoms with Crippen molar-refractivity contribution in [3.8, 4) is 5.75 Å². The molecule has 0 aliphatic heterocycles. The maximum atomic E-state index is 11.4. The molecule has 2 aromatic carbocycles. The van der Waals surface area contributed by atoms with Crippen molar-refractivity contribution in [1.29, 1.82) is 0 Å². The molecule has 116 valence electrons. The van der Waals surface area contributed by atoms with Crippen molar-refractivity contribution in [2.75, 3.05) is 0 Å². The molecule has 0 saturated heterocycles. The van der Waals surface area contributed by atoms with E-state index < -0.39 is 0 Å². The number of benzene rings is 2. The standard InChI is InChI=1S/C18H22N2O2/c1-12(2)16-9-4-13(3)10-17(16)22-11-14-5-7-15(8-6-14)18(21)20-19/h4-10,12H,11,19H2,1-3H3,(H,20,21). The van der Waals surface area contributed by atoms with Crippen LogP contribution in [0.15, 0.2) is 42.5 Å². The third kappa shape index (κ3) is 3.86. The zero-order valence-electron chi connectivity index (χ0n) is 13.2. The number of carbonyl (C=O) groups is 1. The summed E-state index contributed by atoms with van der Waals surface area (Å²) >= 11 is 0. The fourth-order valence-electron chi connectivity index (χ4n) is 2.24. The van der Waals surface area contributed by atoms with E-state index in [-0.39, 0.29) is 5.91 Å². The molecule has 0 atom stereocenters. The van der Waals surface area contributed by atoms with Crippen LogP contribution in [0, 0.1) is 6.92 Å². The van der Waals surface area contributed by atoms with Crippen molar-refractivity contribution in [1.82, 2.24) is 5.43 Å². The minimum absolute atomic E-state index is 0.298. The van der Waals surface area contributed by atoms with E-state index in [2.05, 4.69) is 44.4 Å². The maximum Gasteiger partial charge on any atom is 0.265 e. The average molecular weight is 298 g/mol. The van der Waals surface area contributed by atoms with Crippen LogP contribution in [0.25, 0.3) is 0 Å². The molecular weight excluding hydrogens is 276 g/mol. The van der Waals surface area contributed by atoms with Crippen LogP contribution in [0.3, 0.4) is 0 Å². The molecule has 3 N–H and O–H groups in total. The van der Waals surface area contributed by atoms with Gasteiger partial charge in [0.1, 0.15) is 12.4 Å². The summed E-state index contributed by atoms with van der Waals surface area (Å²) < 4.78 is 5.97. The van der Waals surface area contributed by atoms with Crippen LogP contribution < -0.4 is 16.0 Å². The van der Waals surface area contributed by atoms with Crippen molar-refractivity contribution < 1.29 is 9.53 Å². The Labute approximate surface area is 131 Å². The molecule has 0 aliphatic rings. The van der Waals surface area contributed by atoms with Gasteiger partial charge in [0, 0.05) is 5.56 Å². The van der Waals surface area contributed by atoms with Gasteiger partial charge in [-0.25, -0.2) is 5.84 Å². The second kappa shape index (κ2) is 7.09. The lowest BCUT2D eigenvalue weighted by atomic mass is 10.0. The second-order valence-electron chi connectivity index (χ2n) is 5.66. The van der Waals surface area contributed by atoms with Gasteiger partial charge in [0.25, 0.3) is 5.91 Å². The first-order valence-corrected chi connectivity index (χ1v) is 7.34. The van der Waals surface area contributed by atoms with Gasteiger partial charge in [0.05, 0.1) is 0 Å². The molecule has 0 heterocycles. The quantitative estimate of drug-likeness (QED) is 0.506. The Hall–Kier alpha value is -2.33. The van der Waals surface area contributed by atoms with Crippen molar-refractivity contribution >= 4 is 5.91 Å². The summed E-state index contributed by atoms with van der Waals surface area (Å²) in [5.74, 6) is 6.14. The van der Waals surface area contributed by atoms with Gasteiger partial charge in [-0.15, -0.1) is 0 Å². The normalized spacial score (nSPS) is 10.6. The number of rotatable bonds is 5. The SMILES string of the molecule is Cc1ccc(C(C)C)c(OCc2ccc(C(=O)NN)cc2)c1. The number of hydrogen-bond donors (Lipinski definition) is 2. The predicted octanol–water partition coefficient (Wildman–Crippen LogP) is 3.30. The monoisotopic (exact) mass is 298 g/mol. The smallest absolute Gasteiger partial charge is 0.265 e. The van der Waals surface area contributed by atoms with Crippen LogP contribution in [-0.4, -0.2) is 5.91 Å². The number of hydrogen-bond acceptors (Lipinski definition) is 3. The Balaban J connectivity index is 2.10. The molecule has 2 rings (SSSR count). The van der Waals surface area contributed by atoms with E-state index in [4.69, 9.17) is 10.6 Å². The molecule has 0 saturated carbocycles. The minimum atomic E-state index is -0.298. The van der Waals surface area contributed by atoms with E-state index in [0.717, 1.165) is 11.3 Å². The molecule has 0 aliphatic carbocycles. The average Bonchev–Trinajstić information content (AvgIpc) is 2.52. The summed E-state index contributed by atoms with van der Waals surface area (Å²) in [5.41, 5.74) is 6.03. The molecule has 0 spiro atoms. The van der Waals surface area contributed by atoms with Crippen LogP contribution >= 0.6 is 0 Å². The first kappa shape index (κ1) is 16.0. The Kier molecular flexibility index (Phi) is 5.17. The molecule has 22 heavy (non-hydrogen) atoms. The summed E-state index contributed by atoms with van der Waals surface area (Å²) in [6, 6.07) is 13.5. The van der Waals surface area contributed by atoms with Crippen molar-refractivity contribution in [2.24, 2.45) is 5.84 Å². The summed E-state index contributed by atoms with van der Waals surface area (Å²) in [4.78, 5) is 11.4. The van der Waals surface area contributed by atoms with E-state index in [1.54, 1.807) is 12.1 Å². The molecule has 0 fully saturated rings. The van der Waals surface area contributed by atoms with Gasteiger partial charge in [0.2, 0.25) is 0 Å². The number of amides is 1. The lowest BCUT2D eigenvalue weighted by Gasteiger charge is -2.15. The molecule has 0 aromatic heterocycles. The van der Waals surface area contributed by atoms with Gasteiger partial charge < -0.3 is 4.74 Å². The van der Waals surface area contributed by atoms with Gasteiger partial charge in [-0.2, -0.15) is 0 Å². The van der Waals surface area contributed by atoms with E-state index in [9.17, 15) is 4.79 Å². The van der Waals surface area contributed by atoms with Gasteiger partial charge in [-0.1, -0.05) is 38.1 Å². The van der Waals surface area contributed by atoms with Crippen LogP contribution in [-0.2, 0) is 6.61 Å². The number of hydrazine groups is 1. The number of carbonyl (C=O) groups excluding carboxylic acids is 1. The van der Waals surface area contributed by atoms with Gasteiger partial charge in [0.15, 0.2) is 0 Å². The highest BCUT2D eigenvalue weighted by atomic mass is 16.5. The lowest BCUT2D eigenvalue weighted by Crippen LogP contribution is -2.29. The lowest BCUT2D eigenvalue weighted by molar-refractivity contribution is 0.0953. The Morgan fingerprint density at radius 1 is 1.18 bits per heavy atom. The predicted molar refractivity (Wildman–Crippen MR) is 87.7 cm³/mol. The largest absolute Gasteiger partial charge is 0.489 e. The van der Waals surface area contributed by atoms with Crippen molar-refractivity contribution in [3.05, 3.63) is 64.7 Å². The van der Waals surface area contributed by atoms with Crippen LogP contribution in [0.2, 0.25) is 0 Å². The number of nitrogen functional groups attached to an aromatic ring is 1. The molecule has 4 heteroatoms. The van der Waals surface area contributed by atoms with E-state index >= 15 is 0 Å². The van der Waals surface area contributed by atoms with Gasteiger partial charge >= 0.3 is 0 Å². The van der Waals surface area contributed by atoms with Gasteiger partial charge in [-0.3, -0.25) is 10.2 Å². The first-order valence-electron chi connectivity index (χ1n) is 7.34. The maximum absolute atomic E-state index is 11.4. The fourth-order valence-corrected chi connectivity index (χ4v) is 2.24. The number of nitrogens with two attached hydrogens (primary N) is 1. The molecule has 2 aromatic rings.